The van der Waals surface area contributed by atoms with E-state index in [9.17, 15) is 22.4 Å². The molecule has 2 unspecified atom stereocenters. The molecule has 25 heavy (non-hydrogen) atoms. The number of benzene rings is 1. The van der Waals surface area contributed by atoms with Gasteiger partial charge in [-0.15, -0.1) is 0 Å². The summed E-state index contributed by atoms with van der Waals surface area (Å²) in [7, 11) is 0. The standard InChI is InChI=1S/C17H23F4N3O/c1-12(13-4-2-3-5-14(13)18)10-16(25)23-11-15(17(19,20)21)24-8-6-22-7-9-24/h2-5,12,15,22H,6-11H2,1H3,(H,23,25). The third-order valence-corrected chi connectivity index (χ3v) is 4.39. The Morgan fingerprint density at radius 2 is 1.92 bits per heavy atom. The van der Waals surface area contributed by atoms with Gasteiger partial charge in [0.15, 0.2) is 0 Å². The molecule has 0 aromatic heterocycles. The van der Waals surface area contributed by atoms with Gasteiger partial charge in [0.1, 0.15) is 11.9 Å². The highest BCUT2D eigenvalue weighted by Crippen LogP contribution is 2.25. The molecule has 1 aromatic carbocycles. The fraction of sp³-hybridized carbons (Fsp3) is 0.588. The number of alkyl halides is 3. The Morgan fingerprint density at radius 3 is 2.52 bits per heavy atom. The van der Waals surface area contributed by atoms with E-state index in [4.69, 9.17) is 0 Å². The lowest BCUT2D eigenvalue weighted by molar-refractivity contribution is -0.184. The van der Waals surface area contributed by atoms with Crippen molar-refractivity contribution < 1.29 is 22.4 Å². The molecule has 0 bridgehead atoms. The monoisotopic (exact) mass is 361 g/mol. The van der Waals surface area contributed by atoms with Crippen LogP contribution >= 0.6 is 0 Å². The van der Waals surface area contributed by atoms with Crippen LogP contribution in [-0.4, -0.2) is 55.7 Å². The van der Waals surface area contributed by atoms with Gasteiger partial charge in [-0.2, -0.15) is 13.2 Å². The number of carbonyl (C=O) groups excluding carboxylic acids is 1. The number of carbonyl (C=O) groups is 1. The second-order valence-electron chi connectivity index (χ2n) is 6.27. The molecule has 1 aromatic rings. The predicted molar refractivity (Wildman–Crippen MR) is 86.7 cm³/mol. The molecule has 0 aliphatic carbocycles. The van der Waals surface area contributed by atoms with Crippen molar-refractivity contribution in [2.45, 2.75) is 31.5 Å². The number of hydrogen-bond donors (Lipinski definition) is 2. The molecule has 1 aliphatic heterocycles. The quantitative estimate of drug-likeness (QED) is 0.764. The smallest absolute Gasteiger partial charge is 0.354 e. The van der Waals surface area contributed by atoms with Crippen LogP contribution in [0.15, 0.2) is 24.3 Å². The first kappa shape index (κ1) is 19.7. The number of nitrogens with one attached hydrogen (secondary N) is 2. The number of amides is 1. The molecule has 140 valence electrons. The van der Waals surface area contributed by atoms with Gasteiger partial charge < -0.3 is 10.6 Å². The van der Waals surface area contributed by atoms with Gasteiger partial charge in [0, 0.05) is 39.1 Å². The Hall–Kier alpha value is -1.67. The molecule has 2 N–H and O–H groups in total. The molecule has 1 fully saturated rings. The van der Waals surface area contributed by atoms with Crippen LogP contribution in [0.3, 0.4) is 0 Å². The summed E-state index contributed by atoms with van der Waals surface area (Å²) in [6, 6.07) is 4.38. The molecule has 2 atom stereocenters. The molecule has 1 amide bonds. The normalized spacial score (nSPS) is 18.6. The van der Waals surface area contributed by atoms with Gasteiger partial charge in [-0.3, -0.25) is 9.69 Å². The largest absolute Gasteiger partial charge is 0.405 e. The van der Waals surface area contributed by atoms with Gasteiger partial charge in [-0.25, -0.2) is 4.39 Å². The number of rotatable bonds is 6. The number of nitrogens with zero attached hydrogens (tertiary/aromatic N) is 1. The number of halogens is 4. The van der Waals surface area contributed by atoms with Crippen molar-refractivity contribution in [3.8, 4) is 0 Å². The van der Waals surface area contributed by atoms with E-state index in [2.05, 4.69) is 10.6 Å². The SMILES string of the molecule is CC(CC(=O)NCC(N1CCNCC1)C(F)(F)F)c1ccccc1F. The zero-order valence-electron chi connectivity index (χ0n) is 14.1. The summed E-state index contributed by atoms with van der Waals surface area (Å²) in [5.74, 6) is -1.35. The van der Waals surface area contributed by atoms with Crippen molar-refractivity contribution in [2.75, 3.05) is 32.7 Å². The summed E-state index contributed by atoms with van der Waals surface area (Å²) in [6.45, 7) is 2.73. The fourth-order valence-electron chi connectivity index (χ4n) is 2.99. The predicted octanol–water partition coefficient (Wildman–Crippen LogP) is 2.27. The summed E-state index contributed by atoms with van der Waals surface area (Å²) < 4.78 is 53.5. The first-order valence-electron chi connectivity index (χ1n) is 8.31. The minimum absolute atomic E-state index is 0.0624. The van der Waals surface area contributed by atoms with Crippen molar-refractivity contribution in [1.82, 2.24) is 15.5 Å². The zero-order valence-corrected chi connectivity index (χ0v) is 14.1. The van der Waals surface area contributed by atoms with E-state index in [-0.39, 0.29) is 19.5 Å². The van der Waals surface area contributed by atoms with Crippen LogP contribution in [0.1, 0.15) is 24.8 Å². The minimum atomic E-state index is -4.41. The van der Waals surface area contributed by atoms with E-state index >= 15 is 0 Å². The lowest BCUT2D eigenvalue weighted by Gasteiger charge is -2.36. The van der Waals surface area contributed by atoms with E-state index in [0.717, 1.165) is 0 Å². The highest BCUT2D eigenvalue weighted by Gasteiger charge is 2.43. The van der Waals surface area contributed by atoms with Crippen molar-refractivity contribution >= 4 is 5.91 Å². The van der Waals surface area contributed by atoms with Crippen LogP contribution in [0.25, 0.3) is 0 Å². The summed E-state index contributed by atoms with van der Waals surface area (Å²) in [5.41, 5.74) is 0.382. The van der Waals surface area contributed by atoms with Crippen LogP contribution in [0.5, 0.6) is 0 Å². The van der Waals surface area contributed by atoms with Crippen LogP contribution < -0.4 is 10.6 Å². The summed E-state index contributed by atoms with van der Waals surface area (Å²) in [5, 5.41) is 5.37. The van der Waals surface area contributed by atoms with Crippen molar-refractivity contribution in [3.63, 3.8) is 0 Å². The van der Waals surface area contributed by atoms with Gasteiger partial charge in [0.05, 0.1) is 0 Å². The van der Waals surface area contributed by atoms with Gasteiger partial charge in [0.25, 0.3) is 0 Å². The highest BCUT2D eigenvalue weighted by atomic mass is 19.4. The number of hydrogen-bond acceptors (Lipinski definition) is 3. The Morgan fingerprint density at radius 1 is 1.28 bits per heavy atom. The molecule has 0 spiro atoms. The zero-order chi connectivity index (χ0) is 18.4. The molecular weight excluding hydrogens is 338 g/mol. The molecule has 2 rings (SSSR count). The highest BCUT2D eigenvalue weighted by molar-refractivity contribution is 5.76. The second-order valence-corrected chi connectivity index (χ2v) is 6.27. The fourth-order valence-corrected chi connectivity index (χ4v) is 2.99. The first-order chi connectivity index (χ1) is 11.8. The maximum absolute atomic E-state index is 13.7. The van der Waals surface area contributed by atoms with Gasteiger partial charge in [0.2, 0.25) is 5.91 Å². The van der Waals surface area contributed by atoms with Crippen LogP contribution in [0.4, 0.5) is 17.6 Å². The van der Waals surface area contributed by atoms with Crippen molar-refractivity contribution in [3.05, 3.63) is 35.6 Å². The molecule has 8 heteroatoms. The summed E-state index contributed by atoms with van der Waals surface area (Å²) in [4.78, 5) is 13.4. The van der Waals surface area contributed by atoms with E-state index in [0.29, 0.717) is 18.7 Å². The molecule has 0 radical (unpaired) electrons. The van der Waals surface area contributed by atoms with Crippen LogP contribution in [0.2, 0.25) is 0 Å². The molecule has 1 aliphatic rings. The topological polar surface area (TPSA) is 44.4 Å². The Kier molecular flexibility index (Phi) is 6.78. The van der Waals surface area contributed by atoms with Crippen LogP contribution in [0, 0.1) is 5.82 Å². The van der Waals surface area contributed by atoms with E-state index in [1.807, 2.05) is 0 Å². The Labute approximate surface area is 144 Å². The van der Waals surface area contributed by atoms with E-state index in [1.165, 1.54) is 11.0 Å². The lowest BCUT2D eigenvalue weighted by Crippen LogP contribution is -2.57. The maximum atomic E-state index is 13.7. The van der Waals surface area contributed by atoms with E-state index < -0.39 is 36.4 Å². The minimum Gasteiger partial charge on any atom is -0.354 e. The van der Waals surface area contributed by atoms with Crippen molar-refractivity contribution in [1.29, 1.82) is 0 Å². The molecule has 1 saturated heterocycles. The average Bonchev–Trinajstić information content (AvgIpc) is 2.55. The second kappa shape index (κ2) is 8.62. The van der Waals surface area contributed by atoms with E-state index in [1.54, 1.807) is 25.1 Å². The summed E-state index contributed by atoms with van der Waals surface area (Å²) >= 11 is 0. The van der Waals surface area contributed by atoms with Gasteiger partial charge >= 0.3 is 6.18 Å². The Balaban J connectivity index is 1.91. The molecular formula is C17H23F4N3O. The third kappa shape index (κ3) is 5.67. The van der Waals surface area contributed by atoms with Gasteiger partial charge in [-0.05, 0) is 17.5 Å². The maximum Gasteiger partial charge on any atom is 0.405 e. The molecule has 0 saturated carbocycles. The average molecular weight is 361 g/mol. The molecule has 4 nitrogen and oxygen atoms in total. The third-order valence-electron chi connectivity index (χ3n) is 4.39. The summed E-state index contributed by atoms with van der Waals surface area (Å²) in [6.07, 6.45) is -4.48. The molecule has 1 heterocycles. The lowest BCUT2D eigenvalue weighted by atomic mass is 9.97. The first-order valence-corrected chi connectivity index (χ1v) is 8.31. The number of piperazine rings is 1. The van der Waals surface area contributed by atoms with Gasteiger partial charge in [-0.1, -0.05) is 25.1 Å². The Bertz CT molecular complexity index is 573. The van der Waals surface area contributed by atoms with Crippen LogP contribution in [-0.2, 0) is 4.79 Å². The van der Waals surface area contributed by atoms with Crippen molar-refractivity contribution in [2.24, 2.45) is 0 Å².